The Morgan fingerprint density at radius 1 is 1.25 bits per heavy atom. The van der Waals surface area contributed by atoms with Crippen LogP contribution >= 0.6 is 23.1 Å². The van der Waals surface area contributed by atoms with Gasteiger partial charge in [-0.2, -0.15) is 4.99 Å². The fourth-order valence-electron chi connectivity index (χ4n) is 2.37. The Morgan fingerprint density at radius 3 is 2.79 bits per heavy atom. The third kappa shape index (κ3) is 3.94. The number of benzene rings is 2. The number of rotatable bonds is 5. The lowest BCUT2D eigenvalue weighted by molar-refractivity contribution is -0.115. The molecule has 124 valence electrons. The molecule has 0 N–H and O–H groups in total. The number of carbonyl (C=O) groups is 1. The van der Waals surface area contributed by atoms with Gasteiger partial charge in [-0.25, -0.2) is 4.39 Å². The van der Waals surface area contributed by atoms with Gasteiger partial charge < -0.3 is 4.57 Å². The third-order valence-corrected chi connectivity index (χ3v) is 5.46. The van der Waals surface area contributed by atoms with Gasteiger partial charge in [0.1, 0.15) is 5.82 Å². The summed E-state index contributed by atoms with van der Waals surface area (Å²) in [7, 11) is 0. The molecule has 0 bridgehead atoms. The Labute approximate surface area is 147 Å². The SMILES string of the molecule is CCCn1c(=NC(=O)CSc2ccccc2)sc2cc(F)ccc21. The molecular weight excluding hydrogens is 343 g/mol. The summed E-state index contributed by atoms with van der Waals surface area (Å²) in [5.74, 6) is -0.163. The Bertz CT molecular complexity index is 916. The van der Waals surface area contributed by atoms with E-state index in [-0.39, 0.29) is 11.7 Å². The molecule has 0 atom stereocenters. The summed E-state index contributed by atoms with van der Waals surface area (Å²) >= 11 is 2.82. The normalized spacial score (nSPS) is 12.0. The molecule has 1 heterocycles. The van der Waals surface area contributed by atoms with Gasteiger partial charge in [0.05, 0.1) is 16.0 Å². The van der Waals surface area contributed by atoms with Gasteiger partial charge in [0, 0.05) is 11.4 Å². The number of hydrogen-bond donors (Lipinski definition) is 0. The van der Waals surface area contributed by atoms with Crippen molar-refractivity contribution in [3.63, 3.8) is 0 Å². The average molecular weight is 360 g/mol. The number of hydrogen-bond acceptors (Lipinski definition) is 3. The molecule has 0 aliphatic rings. The highest BCUT2D eigenvalue weighted by Gasteiger charge is 2.08. The highest BCUT2D eigenvalue weighted by Crippen LogP contribution is 2.20. The van der Waals surface area contributed by atoms with Crippen LogP contribution in [-0.2, 0) is 11.3 Å². The largest absolute Gasteiger partial charge is 0.316 e. The molecule has 0 aliphatic carbocycles. The second kappa shape index (κ2) is 7.77. The zero-order valence-electron chi connectivity index (χ0n) is 13.2. The number of thioether (sulfide) groups is 1. The summed E-state index contributed by atoms with van der Waals surface area (Å²) in [5, 5.41) is 0. The molecule has 24 heavy (non-hydrogen) atoms. The minimum atomic E-state index is -0.273. The summed E-state index contributed by atoms with van der Waals surface area (Å²) < 4.78 is 16.2. The second-order valence-corrected chi connectivity index (χ2v) is 7.31. The van der Waals surface area contributed by atoms with Crippen LogP contribution in [0.5, 0.6) is 0 Å². The van der Waals surface area contributed by atoms with E-state index in [4.69, 9.17) is 0 Å². The molecule has 3 aromatic rings. The summed E-state index contributed by atoms with van der Waals surface area (Å²) in [6, 6.07) is 14.5. The van der Waals surface area contributed by atoms with Crippen molar-refractivity contribution < 1.29 is 9.18 Å². The van der Waals surface area contributed by atoms with Gasteiger partial charge in [0.2, 0.25) is 0 Å². The number of carbonyl (C=O) groups excluding carboxylic acids is 1. The van der Waals surface area contributed by atoms with Crippen LogP contribution in [0.3, 0.4) is 0 Å². The third-order valence-electron chi connectivity index (χ3n) is 3.42. The van der Waals surface area contributed by atoms with Gasteiger partial charge in [-0.05, 0) is 36.8 Å². The first-order chi connectivity index (χ1) is 11.7. The molecule has 1 aromatic heterocycles. The molecule has 0 saturated heterocycles. The van der Waals surface area contributed by atoms with Crippen LogP contribution in [0.15, 0.2) is 58.4 Å². The van der Waals surface area contributed by atoms with Crippen molar-refractivity contribution in [1.82, 2.24) is 4.57 Å². The van der Waals surface area contributed by atoms with Gasteiger partial charge in [0.25, 0.3) is 5.91 Å². The lowest BCUT2D eigenvalue weighted by Crippen LogP contribution is -2.17. The van der Waals surface area contributed by atoms with Gasteiger partial charge >= 0.3 is 0 Å². The van der Waals surface area contributed by atoms with Crippen molar-refractivity contribution in [3.8, 4) is 0 Å². The molecule has 0 fully saturated rings. The lowest BCUT2D eigenvalue weighted by Gasteiger charge is -2.02. The van der Waals surface area contributed by atoms with E-state index in [2.05, 4.69) is 11.9 Å². The topological polar surface area (TPSA) is 34.4 Å². The van der Waals surface area contributed by atoms with Crippen LogP contribution in [0.1, 0.15) is 13.3 Å². The average Bonchev–Trinajstić information content (AvgIpc) is 2.91. The maximum atomic E-state index is 13.4. The molecule has 0 saturated carbocycles. The first-order valence-electron chi connectivity index (χ1n) is 7.71. The summed E-state index contributed by atoms with van der Waals surface area (Å²) in [6.07, 6.45) is 0.920. The number of thiazole rings is 1. The van der Waals surface area contributed by atoms with Crippen LogP contribution < -0.4 is 4.80 Å². The van der Waals surface area contributed by atoms with Crippen molar-refractivity contribution >= 4 is 39.2 Å². The monoisotopic (exact) mass is 360 g/mol. The van der Waals surface area contributed by atoms with Crippen molar-refractivity contribution in [3.05, 3.63) is 59.1 Å². The maximum absolute atomic E-state index is 13.4. The molecule has 3 nitrogen and oxygen atoms in total. The second-order valence-electron chi connectivity index (χ2n) is 5.26. The first kappa shape index (κ1) is 16.9. The fraction of sp³-hybridized carbons (Fsp3) is 0.222. The van der Waals surface area contributed by atoms with Gasteiger partial charge in [-0.3, -0.25) is 4.79 Å². The summed E-state index contributed by atoms with van der Waals surface area (Å²) in [4.78, 5) is 18.2. The smallest absolute Gasteiger partial charge is 0.258 e. The Morgan fingerprint density at radius 2 is 2.04 bits per heavy atom. The molecule has 0 radical (unpaired) electrons. The van der Waals surface area contributed by atoms with E-state index in [9.17, 15) is 9.18 Å². The predicted molar refractivity (Wildman–Crippen MR) is 97.8 cm³/mol. The molecule has 1 amide bonds. The van der Waals surface area contributed by atoms with Crippen molar-refractivity contribution in [2.24, 2.45) is 4.99 Å². The molecule has 0 unspecified atom stereocenters. The van der Waals surface area contributed by atoms with Crippen molar-refractivity contribution in [2.75, 3.05) is 5.75 Å². The first-order valence-corrected chi connectivity index (χ1v) is 9.52. The highest BCUT2D eigenvalue weighted by molar-refractivity contribution is 8.00. The van der Waals surface area contributed by atoms with E-state index < -0.39 is 0 Å². The number of fused-ring (bicyclic) bond motifs is 1. The zero-order chi connectivity index (χ0) is 16.9. The van der Waals surface area contributed by atoms with Crippen molar-refractivity contribution in [2.45, 2.75) is 24.8 Å². The minimum Gasteiger partial charge on any atom is -0.316 e. The highest BCUT2D eigenvalue weighted by atomic mass is 32.2. The standard InChI is InChI=1S/C18H17FN2OS2/c1-2-10-21-15-9-8-13(19)11-16(15)24-18(21)20-17(22)12-23-14-6-4-3-5-7-14/h3-9,11H,2,10,12H2,1H3. The Balaban J connectivity index is 1.88. The lowest BCUT2D eigenvalue weighted by atomic mass is 10.3. The molecule has 6 heteroatoms. The zero-order valence-corrected chi connectivity index (χ0v) is 14.9. The quantitative estimate of drug-likeness (QED) is 0.629. The van der Waals surface area contributed by atoms with E-state index >= 15 is 0 Å². The van der Waals surface area contributed by atoms with Crippen LogP contribution in [0, 0.1) is 5.82 Å². The van der Waals surface area contributed by atoms with E-state index in [1.807, 2.05) is 34.9 Å². The van der Waals surface area contributed by atoms with Crippen LogP contribution in [0.25, 0.3) is 10.2 Å². The van der Waals surface area contributed by atoms with Crippen molar-refractivity contribution in [1.29, 1.82) is 0 Å². The summed E-state index contributed by atoms with van der Waals surface area (Å²) in [5.41, 5.74) is 0.922. The van der Waals surface area contributed by atoms with Crippen LogP contribution in [-0.4, -0.2) is 16.2 Å². The number of aromatic nitrogens is 1. The fourth-order valence-corrected chi connectivity index (χ4v) is 4.18. The van der Waals surface area contributed by atoms with E-state index in [0.717, 1.165) is 28.1 Å². The van der Waals surface area contributed by atoms with E-state index in [1.165, 1.54) is 35.2 Å². The van der Waals surface area contributed by atoms with Crippen LogP contribution in [0.4, 0.5) is 4.39 Å². The number of halogens is 1. The van der Waals surface area contributed by atoms with Gasteiger partial charge in [-0.15, -0.1) is 11.8 Å². The number of amides is 1. The van der Waals surface area contributed by atoms with Crippen LogP contribution in [0.2, 0.25) is 0 Å². The molecule has 3 rings (SSSR count). The minimum absolute atomic E-state index is 0.180. The summed E-state index contributed by atoms with van der Waals surface area (Å²) in [6.45, 7) is 2.82. The maximum Gasteiger partial charge on any atom is 0.258 e. The predicted octanol–water partition coefficient (Wildman–Crippen LogP) is 4.47. The molecule has 2 aromatic carbocycles. The molecular formula is C18H17FN2OS2. The Hall–Kier alpha value is -1.92. The van der Waals surface area contributed by atoms with E-state index in [1.54, 1.807) is 6.07 Å². The molecule has 0 aliphatic heterocycles. The van der Waals surface area contributed by atoms with Gasteiger partial charge in [-0.1, -0.05) is 36.5 Å². The number of aryl methyl sites for hydroxylation is 1. The molecule has 0 spiro atoms. The van der Waals surface area contributed by atoms with E-state index in [0.29, 0.717) is 10.6 Å². The number of nitrogens with zero attached hydrogens (tertiary/aromatic N) is 2. The van der Waals surface area contributed by atoms with Gasteiger partial charge in [0.15, 0.2) is 4.80 Å². The Kier molecular flexibility index (Phi) is 5.48.